The third-order valence-corrected chi connectivity index (χ3v) is 6.75. The minimum absolute atomic E-state index is 0.263. The van der Waals surface area contributed by atoms with E-state index >= 15 is 0 Å². The number of rotatable bonds is 9. The summed E-state index contributed by atoms with van der Waals surface area (Å²) in [7, 11) is 1.57. The first-order valence-electron chi connectivity index (χ1n) is 12.0. The predicted octanol–water partition coefficient (Wildman–Crippen LogP) is 4.85. The lowest BCUT2D eigenvalue weighted by Crippen LogP contribution is -2.38. The number of hydrogen-bond acceptors (Lipinski definition) is 5. The van der Waals surface area contributed by atoms with Gasteiger partial charge in [0.05, 0.1) is 23.8 Å². The fourth-order valence-electron chi connectivity index (χ4n) is 4.77. The topological polar surface area (TPSA) is 74.9 Å². The molecule has 3 aromatic carbocycles. The fraction of sp³-hybridized carbons (Fsp3) is 0.286. The van der Waals surface area contributed by atoms with Crippen LogP contribution in [-0.4, -0.2) is 59.9 Å². The van der Waals surface area contributed by atoms with Crippen molar-refractivity contribution in [3.8, 4) is 11.5 Å². The molecule has 2 amide bonds. The maximum atomic E-state index is 13.5. The van der Waals surface area contributed by atoms with E-state index in [0.717, 1.165) is 29.6 Å². The Morgan fingerprint density at radius 2 is 1.74 bits per heavy atom. The Bertz CT molecular complexity index is 1410. The van der Waals surface area contributed by atoms with Crippen LogP contribution >= 0.6 is 0 Å². The number of methoxy groups -OCH3 is 1. The molecular weight excluding hydrogens is 442 g/mol. The van der Waals surface area contributed by atoms with Gasteiger partial charge in [0.2, 0.25) is 0 Å². The van der Waals surface area contributed by atoms with E-state index in [9.17, 15) is 9.59 Å². The number of imide groups is 1. The van der Waals surface area contributed by atoms with Gasteiger partial charge in [-0.1, -0.05) is 44.2 Å². The summed E-state index contributed by atoms with van der Waals surface area (Å²) in [6.45, 7) is 7.31. The smallest absolute Gasteiger partial charge is 0.262 e. The summed E-state index contributed by atoms with van der Waals surface area (Å²) in [5, 5.41) is 1.52. The van der Waals surface area contributed by atoms with E-state index in [1.165, 1.54) is 4.90 Å². The molecular formula is C28H29N3O4. The summed E-state index contributed by atoms with van der Waals surface area (Å²) in [5.74, 6) is 0.687. The molecule has 2 heterocycles. The van der Waals surface area contributed by atoms with E-state index < -0.39 is 0 Å². The van der Waals surface area contributed by atoms with Crippen LogP contribution in [0.4, 0.5) is 0 Å². The standard InChI is InChI=1S/C28H29N3O4/c1-4-30(5-2)13-14-31-27(32)21-16-23(34-3)26-24(25(21)28(31)33)20-15-19(11-12-22(20)29-26)35-17-18-9-7-6-8-10-18/h6-12,15-16,29H,4-5,13-14,17H2,1-3H3. The number of hydrogen-bond donors (Lipinski definition) is 1. The molecule has 4 aromatic rings. The molecule has 0 saturated heterocycles. The number of amides is 2. The Balaban J connectivity index is 1.56. The SMILES string of the molecule is CCN(CC)CCN1C(=O)c2cc(OC)c3[nH]c4ccc(OCc5ccccc5)cc4c3c2C1=O. The molecule has 0 bridgehead atoms. The summed E-state index contributed by atoms with van der Waals surface area (Å²) in [4.78, 5) is 33.8. The van der Waals surface area contributed by atoms with Crippen molar-refractivity contribution in [2.24, 2.45) is 0 Å². The third-order valence-electron chi connectivity index (χ3n) is 6.75. The van der Waals surface area contributed by atoms with Crippen molar-refractivity contribution in [3.63, 3.8) is 0 Å². The van der Waals surface area contributed by atoms with Crippen LogP contribution in [0.15, 0.2) is 54.6 Å². The second kappa shape index (κ2) is 9.43. The maximum absolute atomic E-state index is 13.5. The summed E-state index contributed by atoms with van der Waals surface area (Å²) in [6, 6.07) is 17.4. The molecule has 5 rings (SSSR count). The van der Waals surface area contributed by atoms with Gasteiger partial charge in [0.25, 0.3) is 11.8 Å². The van der Waals surface area contributed by atoms with Gasteiger partial charge in [-0.3, -0.25) is 14.5 Å². The first-order valence-corrected chi connectivity index (χ1v) is 12.0. The molecule has 7 nitrogen and oxygen atoms in total. The summed E-state index contributed by atoms with van der Waals surface area (Å²) in [5.41, 5.74) is 3.43. The molecule has 0 spiro atoms. The van der Waals surface area contributed by atoms with Crippen LogP contribution in [0.2, 0.25) is 0 Å². The number of aromatic nitrogens is 1. The first kappa shape index (κ1) is 22.9. The van der Waals surface area contributed by atoms with Crippen molar-refractivity contribution in [1.82, 2.24) is 14.8 Å². The molecule has 0 fully saturated rings. The molecule has 35 heavy (non-hydrogen) atoms. The molecule has 0 saturated carbocycles. The van der Waals surface area contributed by atoms with Crippen molar-refractivity contribution in [1.29, 1.82) is 0 Å². The highest BCUT2D eigenvalue weighted by Gasteiger charge is 2.39. The lowest BCUT2D eigenvalue weighted by Gasteiger charge is -2.21. The summed E-state index contributed by atoms with van der Waals surface area (Å²) < 4.78 is 11.7. The molecule has 0 radical (unpaired) electrons. The molecule has 1 N–H and O–H groups in total. The normalized spacial score (nSPS) is 13.3. The van der Waals surface area contributed by atoms with E-state index in [0.29, 0.717) is 53.2 Å². The number of benzene rings is 3. The van der Waals surface area contributed by atoms with Crippen LogP contribution in [-0.2, 0) is 6.61 Å². The Morgan fingerprint density at radius 3 is 2.46 bits per heavy atom. The van der Waals surface area contributed by atoms with Crippen molar-refractivity contribution < 1.29 is 19.1 Å². The van der Waals surface area contributed by atoms with E-state index in [4.69, 9.17) is 9.47 Å². The number of likely N-dealkylation sites (N-methyl/N-ethyl adjacent to an activating group) is 1. The Labute approximate surface area is 204 Å². The largest absolute Gasteiger partial charge is 0.495 e. The average molecular weight is 472 g/mol. The van der Waals surface area contributed by atoms with Crippen LogP contribution in [0.25, 0.3) is 21.8 Å². The van der Waals surface area contributed by atoms with Gasteiger partial charge in [-0.15, -0.1) is 0 Å². The number of ether oxygens (including phenoxy) is 2. The zero-order chi connectivity index (χ0) is 24.5. The van der Waals surface area contributed by atoms with Gasteiger partial charge >= 0.3 is 0 Å². The van der Waals surface area contributed by atoms with Gasteiger partial charge in [0.1, 0.15) is 18.1 Å². The number of aromatic amines is 1. The highest BCUT2D eigenvalue weighted by Crippen LogP contribution is 2.41. The van der Waals surface area contributed by atoms with E-state index in [2.05, 4.69) is 23.7 Å². The number of nitrogens with zero attached hydrogens (tertiary/aromatic N) is 2. The zero-order valence-corrected chi connectivity index (χ0v) is 20.3. The van der Waals surface area contributed by atoms with Crippen LogP contribution in [0, 0.1) is 0 Å². The van der Waals surface area contributed by atoms with Crippen LogP contribution in [0.5, 0.6) is 11.5 Å². The second-order valence-corrected chi connectivity index (χ2v) is 8.65. The van der Waals surface area contributed by atoms with Gasteiger partial charge in [0.15, 0.2) is 0 Å². The van der Waals surface area contributed by atoms with Crippen LogP contribution in [0.1, 0.15) is 40.1 Å². The Morgan fingerprint density at radius 1 is 0.971 bits per heavy atom. The number of carbonyl (C=O) groups excluding carboxylic acids is 2. The van der Waals surface area contributed by atoms with Crippen LogP contribution in [0.3, 0.4) is 0 Å². The highest BCUT2D eigenvalue weighted by molar-refractivity contribution is 6.30. The average Bonchev–Trinajstić information content (AvgIpc) is 3.38. The Hall–Kier alpha value is -3.84. The van der Waals surface area contributed by atoms with Crippen molar-refractivity contribution in [2.75, 3.05) is 33.3 Å². The molecule has 1 aromatic heterocycles. The van der Waals surface area contributed by atoms with Crippen molar-refractivity contribution in [3.05, 3.63) is 71.3 Å². The number of carbonyl (C=O) groups is 2. The number of H-pyrrole nitrogens is 1. The lowest BCUT2D eigenvalue weighted by molar-refractivity contribution is 0.0638. The molecule has 7 heteroatoms. The number of fused-ring (bicyclic) bond motifs is 5. The summed E-state index contributed by atoms with van der Waals surface area (Å²) in [6.07, 6.45) is 0. The lowest BCUT2D eigenvalue weighted by atomic mass is 10.0. The maximum Gasteiger partial charge on any atom is 0.262 e. The van der Waals surface area contributed by atoms with E-state index in [1.54, 1.807) is 13.2 Å². The molecule has 0 atom stereocenters. The predicted molar refractivity (Wildman–Crippen MR) is 136 cm³/mol. The highest BCUT2D eigenvalue weighted by atomic mass is 16.5. The molecule has 0 unspecified atom stereocenters. The quantitative estimate of drug-likeness (QED) is 0.353. The van der Waals surface area contributed by atoms with E-state index in [-0.39, 0.29) is 11.8 Å². The fourth-order valence-corrected chi connectivity index (χ4v) is 4.77. The second-order valence-electron chi connectivity index (χ2n) is 8.65. The molecule has 1 aliphatic heterocycles. The summed E-state index contributed by atoms with van der Waals surface area (Å²) >= 11 is 0. The van der Waals surface area contributed by atoms with E-state index in [1.807, 2.05) is 48.5 Å². The molecule has 0 aliphatic carbocycles. The zero-order valence-electron chi connectivity index (χ0n) is 20.3. The van der Waals surface area contributed by atoms with Gasteiger partial charge < -0.3 is 19.4 Å². The van der Waals surface area contributed by atoms with Gasteiger partial charge in [-0.25, -0.2) is 0 Å². The van der Waals surface area contributed by atoms with Crippen molar-refractivity contribution >= 4 is 33.6 Å². The van der Waals surface area contributed by atoms with Gasteiger partial charge in [-0.2, -0.15) is 0 Å². The minimum atomic E-state index is -0.275. The molecule has 1 aliphatic rings. The van der Waals surface area contributed by atoms with Crippen molar-refractivity contribution in [2.45, 2.75) is 20.5 Å². The number of nitrogens with one attached hydrogen (secondary N) is 1. The minimum Gasteiger partial charge on any atom is -0.495 e. The molecule has 180 valence electrons. The Kier molecular flexibility index (Phi) is 6.17. The third kappa shape index (κ3) is 4.02. The van der Waals surface area contributed by atoms with Gasteiger partial charge in [-0.05, 0) is 42.9 Å². The monoisotopic (exact) mass is 471 g/mol. The first-order chi connectivity index (χ1) is 17.0. The van der Waals surface area contributed by atoms with Crippen LogP contribution < -0.4 is 9.47 Å². The van der Waals surface area contributed by atoms with Gasteiger partial charge in [0, 0.05) is 29.4 Å².